The van der Waals surface area contributed by atoms with E-state index in [2.05, 4.69) is 98.1 Å². The van der Waals surface area contributed by atoms with Gasteiger partial charge in [0.15, 0.2) is 0 Å². The van der Waals surface area contributed by atoms with Crippen LogP contribution in [0.2, 0.25) is 0 Å². The largest absolute Gasteiger partial charge is 0.380 e. The lowest BCUT2D eigenvalue weighted by atomic mass is 9.77. The fourth-order valence-electron chi connectivity index (χ4n) is 6.91. The van der Waals surface area contributed by atoms with Gasteiger partial charge in [0.2, 0.25) is 11.9 Å². The lowest BCUT2D eigenvalue weighted by Gasteiger charge is -2.31. The summed E-state index contributed by atoms with van der Waals surface area (Å²) in [5, 5.41) is 0. The molecule has 0 N–H and O–H groups in total. The molecule has 1 aromatic heterocycles. The molecule has 3 heterocycles. The van der Waals surface area contributed by atoms with Gasteiger partial charge in [-0.25, -0.2) is 4.98 Å². The Kier molecular flexibility index (Phi) is 9.39. The fraction of sp³-hybridized carbons (Fsp3) is 0.444. The first-order valence-electron chi connectivity index (χ1n) is 16.0. The highest BCUT2D eigenvalue weighted by atomic mass is 16.5. The van der Waals surface area contributed by atoms with Crippen molar-refractivity contribution in [2.75, 3.05) is 57.4 Å². The van der Waals surface area contributed by atoms with Gasteiger partial charge >= 0.3 is 0 Å². The molecule has 226 valence electrons. The van der Waals surface area contributed by atoms with Crippen molar-refractivity contribution < 1.29 is 9.53 Å². The van der Waals surface area contributed by atoms with Gasteiger partial charge < -0.3 is 24.0 Å². The summed E-state index contributed by atoms with van der Waals surface area (Å²) in [7, 11) is 0. The lowest BCUT2D eigenvalue weighted by molar-refractivity contribution is -0.137. The van der Waals surface area contributed by atoms with Gasteiger partial charge in [0, 0.05) is 45.9 Å². The Bertz CT molecular complexity index is 1470. The second-order valence-electron chi connectivity index (χ2n) is 12.1. The number of aromatic nitrogens is 2. The van der Waals surface area contributed by atoms with Crippen molar-refractivity contribution >= 4 is 22.9 Å². The van der Waals surface area contributed by atoms with Crippen LogP contribution >= 0.6 is 0 Å². The molecule has 6 rings (SSSR count). The molecule has 2 aliphatic rings. The minimum atomic E-state index is -0.352. The molecule has 2 saturated heterocycles. The molecule has 1 amide bonds. The summed E-state index contributed by atoms with van der Waals surface area (Å²) in [6.45, 7) is 10.6. The monoisotopic (exact) mass is 579 g/mol. The Morgan fingerprint density at radius 1 is 0.814 bits per heavy atom. The van der Waals surface area contributed by atoms with Gasteiger partial charge in [0.05, 0.1) is 23.1 Å². The van der Waals surface area contributed by atoms with Crippen molar-refractivity contribution in [3.05, 3.63) is 96.1 Å². The third-order valence-electron chi connectivity index (χ3n) is 9.28. The van der Waals surface area contributed by atoms with Gasteiger partial charge in [-0.2, -0.15) is 0 Å². The van der Waals surface area contributed by atoms with E-state index in [9.17, 15) is 4.79 Å². The van der Waals surface area contributed by atoms with E-state index in [1.165, 1.54) is 16.6 Å². The molecule has 7 heteroatoms. The zero-order valence-electron chi connectivity index (χ0n) is 25.5. The second-order valence-corrected chi connectivity index (χ2v) is 12.1. The third kappa shape index (κ3) is 6.78. The number of para-hydroxylation sites is 2. The number of anilines is 1. The fourth-order valence-corrected chi connectivity index (χ4v) is 6.91. The van der Waals surface area contributed by atoms with E-state index in [4.69, 9.17) is 9.72 Å². The summed E-state index contributed by atoms with van der Waals surface area (Å²) in [5.74, 6) is 1.37. The van der Waals surface area contributed by atoms with E-state index < -0.39 is 0 Å². The summed E-state index contributed by atoms with van der Waals surface area (Å²) in [4.78, 5) is 26.3. The molecule has 0 spiro atoms. The Balaban J connectivity index is 1.14. The molecule has 43 heavy (non-hydrogen) atoms. The van der Waals surface area contributed by atoms with Gasteiger partial charge in [-0.3, -0.25) is 4.79 Å². The van der Waals surface area contributed by atoms with Gasteiger partial charge in [-0.15, -0.1) is 0 Å². The van der Waals surface area contributed by atoms with Gasteiger partial charge in [-0.1, -0.05) is 72.8 Å². The number of hydrogen-bond donors (Lipinski definition) is 0. The first-order chi connectivity index (χ1) is 21.1. The molecule has 0 radical (unpaired) electrons. The summed E-state index contributed by atoms with van der Waals surface area (Å²) in [6, 6.07) is 29.4. The normalized spacial score (nSPS) is 19.8. The summed E-state index contributed by atoms with van der Waals surface area (Å²) in [5.41, 5.74) is 4.31. The highest BCUT2D eigenvalue weighted by Gasteiger charge is 2.46. The van der Waals surface area contributed by atoms with Crippen molar-refractivity contribution in [1.82, 2.24) is 19.4 Å². The van der Waals surface area contributed by atoms with Crippen molar-refractivity contribution in [1.29, 1.82) is 0 Å². The smallest absolute Gasteiger partial charge is 0.229 e. The average molecular weight is 580 g/mol. The topological polar surface area (TPSA) is 53.8 Å². The second kappa shape index (κ2) is 13.7. The Morgan fingerprint density at radius 3 is 2.35 bits per heavy atom. The summed E-state index contributed by atoms with van der Waals surface area (Å²) < 4.78 is 8.04. The zero-order chi connectivity index (χ0) is 29.5. The van der Waals surface area contributed by atoms with Crippen LogP contribution in [0.15, 0.2) is 84.9 Å². The number of ether oxygens (including phenoxy) is 1. The molecule has 0 bridgehead atoms. The van der Waals surface area contributed by atoms with E-state index in [1.54, 1.807) is 0 Å². The molecular formula is C36H45N5O2. The van der Waals surface area contributed by atoms with E-state index in [1.807, 2.05) is 13.0 Å². The molecule has 2 aliphatic heterocycles. The predicted molar refractivity (Wildman–Crippen MR) is 173 cm³/mol. The number of rotatable bonds is 12. The van der Waals surface area contributed by atoms with Crippen LogP contribution in [0.3, 0.4) is 0 Å². The SMILES string of the molecule is CCOCCn1c(N2CCCN(CCC3(Cc4ccccc4)CCN(Cc4ccccc4)C3=O)CC2)nc2ccccc21. The van der Waals surface area contributed by atoms with E-state index in [0.717, 1.165) is 89.6 Å². The molecule has 1 atom stereocenters. The van der Waals surface area contributed by atoms with Gasteiger partial charge in [-0.05, 0) is 69.0 Å². The average Bonchev–Trinajstić information content (AvgIpc) is 3.43. The first kappa shape index (κ1) is 29.4. The number of nitrogens with zero attached hydrogens (tertiary/aromatic N) is 5. The van der Waals surface area contributed by atoms with Crippen LogP contribution < -0.4 is 4.90 Å². The van der Waals surface area contributed by atoms with E-state index in [-0.39, 0.29) is 5.41 Å². The number of benzene rings is 3. The minimum absolute atomic E-state index is 0.319. The van der Waals surface area contributed by atoms with Crippen molar-refractivity contribution in [3.8, 4) is 0 Å². The van der Waals surface area contributed by atoms with E-state index in [0.29, 0.717) is 19.1 Å². The molecule has 7 nitrogen and oxygen atoms in total. The maximum atomic E-state index is 14.1. The minimum Gasteiger partial charge on any atom is -0.380 e. The standard InChI is InChI=1S/C36H45N5O2/c1-2-43-27-26-41-33-17-10-9-16-32(33)37-35(41)39-21-11-20-38(24-25-39)22-18-36(28-30-12-5-3-6-13-30)19-23-40(34(36)42)29-31-14-7-4-8-15-31/h3-10,12-17H,2,11,18-29H2,1H3. The van der Waals surface area contributed by atoms with Crippen molar-refractivity contribution in [2.24, 2.45) is 5.41 Å². The van der Waals surface area contributed by atoms with Crippen molar-refractivity contribution in [2.45, 2.75) is 45.7 Å². The Labute approximate surface area is 256 Å². The van der Waals surface area contributed by atoms with Crippen molar-refractivity contribution in [3.63, 3.8) is 0 Å². The molecule has 0 saturated carbocycles. The molecule has 2 fully saturated rings. The van der Waals surface area contributed by atoms with Gasteiger partial charge in [0.1, 0.15) is 0 Å². The Morgan fingerprint density at radius 2 is 1.56 bits per heavy atom. The van der Waals surface area contributed by atoms with Crippen LogP contribution in [-0.2, 0) is 29.0 Å². The molecule has 4 aromatic rings. The number of carbonyl (C=O) groups excluding carboxylic acids is 1. The number of carbonyl (C=O) groups is 1. The predicted octanol–water partition coefficient (Wildman–Crippen LogP) is 5.64. The van der Waals surface area contributed by atoms with E-state index >= 15 is 0 Å². The third-order valence-corrected chi connectivity index (χ3v) is 9.28. The molecule has 3 aromatic carbocycles. The van der Waals surface area contributed by atoms with Crippen LogP contribution in [0.4, 0.5) is 5.95 Å². The highest BCUT2D eigenvalue weighted by Crippen LogP contribution is 2.40. The highest BCUT2D eigenvalue weighted by molar-refractivity contribution is 5.85. The maximum Gasteiger partial charge on any atom is 0.229 e. The molecule has 1 unspecified atom stereocenters. The lowest BCUT2D eigenvalue weighted by Crippen LogP contribution is -2.40. The number of likely N-dealkylation sites (tertiary alicyclic amines) is 1. The molecule has 0 aliphatic carbocycles. The van der Waals surface area contributed by atoms with Gasteiger partial charge in [0.25, 0.3) is 0 Å². The van der Waals surface area contributed by atoms with Crippen LogP contribution in [0.5, 0.6) is 0 Å². The van der Waals surface area contributed by atoms with Crippen LogP contribution in [0, 0.1) is 5.41 Å². The van der Waals surface area contributed by atoms with Crippen LogP contribution in [0.25, 0.3) is 11.0 Å². The Hall–Kier alpha value is -3.68. The number of amides is 1. The first-order valence-corrected chi connectivity index (χ1v) is 16.0. The number of fused-ring (bicyclic) bond motifs is 1. The molecular weight excluding hydrogens is 534 g/mol. The zero-order valence-corrected chi connectivity index (χ0v) is 25.5. The summed E-state index contributed by atoms with van der Waals surface area (Å²) >= 11 is 0. The van der Waals surface area contributed by atoms with Crippen LogP contribution in [-0.4, -0.2) is 77.7 Å². The number of hydrogen-bond acceptors (Lipinski definition) is 5. The quantitative estimate of drug-likeness (QED) is 0.204. The maximum absolute atomic E-state index is 14.1. The van der Waals surface area contributed by atoms with Crippen LogP contribution in [0.1, 0.15) is 37.3 Å². The number of imidazole rings is 1. The summed E-state index contributed by atoms with van der Waals surface area (Å²) in [6.07, 6.45) is 3.69.